The van der Waals surface area contributed by atoms with Gasteiger partial charge in [-0.15, -0.1) is 11.3 Å². The Morgan fingerprint density at radius 3 is 2.73 bits per heavy atom. The summed E-state index contributed by atoms with van der Waals surface area (Å²) in [6.45, 7) is 1.41. The summed E-state index contributed by atoms with van der Waals surface area (Å²) >= 11 is 1.63. The van der Waals surface area contributed by atoms with Crippen molar-refractivity contribution in [3.63, 3.8) is 0 Å². The SMILES string of the molecule is Fc1ccccc1CCNCc1ncc(-c2ccccn2)s1. The fraction of sp³-hybridized carbons (Fsp3) is 0.176. The molecule has 0 saturated carbocycles. The molecule has 0 saturated heterocycles. The average Bonchev–Trinajstić information content (AvgIpc) is 3.03. The molecule has 0 bridgehead atoms. The molecule has 0 aliphatic heterocycles. The quantitative estimate of drug-likeness (QED) is 0.706. The molecule has 3 rings (SSSR count). The molecule has 2 aromatic heterocycles. The van der Waals surface area contributed by atoms with Crippen molar-refractivity contribution in [2.75, 3.05) is 6.54 Å². The fourth-order valence-electron chi connectivity index (χ4n) is 2.14. The lowest BCUT2D eigenvalue weighted by Gasteiger charge is -2.04. The molecule has 0 unspecified atom stereocenters. The van der Waals surface area contributed by atoms with Gasteiger partial charge in [-0.2, -0.15) is 0 Å². The summed E-state index contributed by atoms with van der Waals surface area (Å²) in [4.78, 5) is 9.77. The molecule has 0 spiro atoms. The Balaban J connectivity index is 1.51. The molecule has 22 heavy (non-hydrogen) atoms. The van der Waals surface area contributed by atoms with E-state index < -0.39 is 0 Å². The Kier molecular flexibility index (Phi) is 4.88. The highest BCUT2D eigenvalue weighted by Gasteiger charge is 2.05. The van der Waals surface area contributed by atoms with Crippen LogP contribution in [0.25, 0.3) is 10.6 Å². The second-order valence-electron chi connectivity index (χ2n) is 4.85. The average molecular weight is 313 g/mol. The number of nitrogens with zero attached hydrogens (tertiary/aromatic N) is 2. The van der Waals surface area contributed by atoms with E-state index in [-0.39, 0.29) is 5.82 Å². The molecule has 0 atom stereocenters. The van der Waals surface area contributed by atoms with E-state index in [4.69, 9.17) is 0 Å². The normalized spacial score (nSPS) is 10.8. The van der Waals surface area contributed by atoms with Gasteiger partial charge in [0, 0.05) is 18.9 Å². The maximum Gasteiger partial charge on any atom is 0.126 e. The topological polar surface area (TPSA) is 37.8 Å². The highest BCUT2D eigenvalue weighted by Crippen LogP contribution is 2.23. The molecule has 1 aromatic carbocycles. The fourth-order valence-corrected chi connectivity index (χ4v) is 3.00. The zero-order valence-corrected chi connectivity index (χ0v) is 12.8. The monoisotopic (exact) mass is 313 g/mol. The molecule has 0 aliphatic rings. The zero-order valence-electron chi connectivity index (χ0n) is 12.0. The van der Waals surface area contributed by atoms with Crippen LogP contribution in [0.3, 0.4) is 0 Å². The number of aromatic nitrogens is 2. The van der Waals surface area contributed by atoms with Crippen molar-refractivity contribution in [2.24, 2.45) is 0 Å². The zero-order chi connectivity index (χ0) is 15.2. The van der Waals surface area contributed by atoms with Crippen LogP contribution in [-0.2, 0) is 13.0 Å². The van der Waals surface area contributed by atoms with Gasteiger partial charge in [0.05, 0.1) is 10.6 Å². The predicted molar refractivity (Wildman–Crippen MR) is 87.2 cm³/mol. The number of pyridine rings is 1. The number of rotatable bonds is 6. The standard InChI is InChI=1S/C17H16FN3S/c18-14-6-2-1-5-13(14)8-10-19-12-17-21-11-16(22-17)15-7-3-4-9-20-15/h1-7,9,11,19H,8,10,12H2. The predicted octanol–water partition coefficient (Wildman–Crippen LogP) is 3.68. The summed E-state index contributed by atoms with van der Waals surface area (Å²) in [5, 5.41) is 4.31. The summed E-state index contributed by atoms with van der Waals surface area (Å²) in [6.07, 6.45) is 4.30. The van der Waals surface area contributed by atoms with Crippen LogP contribution in [0.1, 0.15) is 10.6 Å². The Morgan fingerprint density at radius 1 is 1.05 bits per heavy atom. The van der Waals surface area contributed by atoms with Crippen LogP contribution in [0.15, 0.2) is 54.9 Å². The lowest BCUT2D eigenvalue weighted by molar-refractivity contribution is 0.597. The molecule has 112 valence electrons. The van der Waals surface area contributed by atoms with Crippen molar-refractivity contribution in [2.45, 2.75) is 13.0 Å². The Bertz CT molecular complexity index is 728. The van der Waals surface area contributed by atoms with Gasteiger partial charge >= 0.3 is 0 Å². The number of nitrogens with one attached hydrogen (secondary N) is 1. The summed E-state index contributed by atoms with van der Waals surface area (Å²) in [6, 6.07) is 12.7. The van der Waals surface area contributed by atoms with E-state index in [0.717, 1.165) is 27.7 Å². The Hall–Kier alpha value is -2.11. The number of thiazole rings is 1. The van der Waals surface area contributed by atoms with Crippen LogP contribution in [0, 0.1) is 5.82 Å². The molecule has 0 aliphatic carbocycles. The smallest absolute Gasteiger partial charge is 0.126 e. The minimum absolute atomic E-state index is 0.143. The largest absolute Gasteiger partial charge is 0.310 e. The first-order chi connectivity index (χ1) is 10.8. The van der Waals surface area contributed by atoms with Gasteiger partial charge < -0.3 is 5.32 Å². The van der Waals surface area contributed by atoms with Crippen LogP contribution >= 0.6 is 11.3 Å². The molecular formula is C17H16FN3S. The summed E-state index contributed by atoms with van der Waals surface area (Å²) in [5.74, 6) is -0.143. The minimum atomic E-state index is -0.143. The third kappa shape index (κ3) is 3.75. The first-order valence-electron chi connectivity index (χ1n) is 7.13. The summed E-state index contributed by atoms with van der Waals surface area (Å²) in [7, 11) is 0. The van der Waals surface area contributed by atoms with Crippen molar-refractivity contribution >= 4 is 11.3 Å². The number of hydrogen-bond acceptors (Lipinski definition) is 4. The van der Waals surface area contributed by atoms with Gasteiger partial charge in [-0.1, -0.05) is 24.3 Å². The van der Waals surface area contributed by atoms with Gasteiger partial charge in [-0.05, 0) is 36.7 Å². The van der Waals surface area contributed by atoms with E-state index in [0.29, 0.717) is 13.0 Å². The van der Waals surface area contributed by atoms with Crippen LogP contribution in [0.4, 0.5) is 4.39 Å². The second-order valence-corrected chi connectivity index (χ2v) is 5.97. The molecule has 1 N–H and O–H groups in total. The van der Waals surface area contributed by atoms with Gasteiger partial charge in [0.25, 0.3) is 0 Å². The van der Waals surface area contributed by atoms with E-state index in [1.807, 2.05) is 36.5 Å². The van der Waals surface area contributed by atoms with Crippen molar-refractivity contribution in [3.8, 4) is 10.6 Å². The third-order valence-corrected chi connectivity index (χ3v) is 4.30. The lowest BCUT2D eigenvalue weighted by Crippen LogP contribution is -2.16. The molecule has 5 heteroatoms. The molecular weight excluding hydrogens is 297 g/mol. The molecule has 0 radical (unpaired) electrons. The van der Waals surface area contributed by atoms with E-state index in [1.54, 1.807) is 23.6 Å². The maximum absolute atomic E-state index is 13.5. The van der Waals surface area contributed by atoms with Crippen LogP contribution in [0.5, 0.6) is 0 Å². The van der Waals surface area contributed by atoms with Gasteiger partial charge in [-0.25, -0.2) is 9.37 Å². The van der Waals surface area contributed by atoms with Crippen LogP contribution < -0.4 is 5.32 Å². The van der Waals surface area contributed by atoms with Crippen LogP contribution in [-0.4, -0.2) is 16.5 Å². The van der Waals surface area contributed by atoms with E-state index in [1.165, 1.54) is 6.07 Å². The molecule has 2 heterocycles. The summed E-state index contributed by atoms with van der Waals surface area (Å²) in [5.41, 5.74) is 1.68. The third-order valence-electron chi connectivity index (χ3n) is 3.28. The van der Waals surface area contributed by atoms with Gasteiger partial charge in [0.2, 0.25) is 0 Å². The molecule has 0 amide bonds. The number of halogens is 1. The van der Waals surface area contributed by atoms with Gasteiger partial charge in [-0.3, -0.25) is 4.98 Å². The van der Waals surface area contributed by atoms with Crippen molar-refractivity contribution < 1.29 is 4.39 Å². The number of hydrogen-bond donors (Lipinski definition) is 1. The highest BCUT2D eigenvalue weighted by atomic mass is 32.1. The van der Waals surface area contributed by atoms with Gasteiger partial charge in [0.1, 0.15) is 10.8 Å². The van der Waals surface area contributed by atoms with E-state index in [9.17, 15) is 4.39 Å². The maximum atomic E-state index is 13.5. The Labute approximate surface area is 132 Å². The van der Waals surface area contributed by atoms with E-state index in [2.05, 4.69) is 15.3 Å². The number of benzene rings is 1. The first kappa shape index (κ1) is 14.8. The highest BCUT2D eigenvalue weighted by molar-refractivity contribution is 7.15. The Morgan fingerprint density at radius 2 is 1.91 bits per heavy atom. The molecule has 0 fully saturated rings. The molecule has 3 nitrogen and oxygen atoms in total. The first-order valence-corrected chi connectivity index (χ1v) is 7.95. The van der Waals surface area contributed by atoms with Crippen molar-refractivity contribution in [1.82, 2.24) is 15.3 Å². The summed E-state index contributed by atoms with van der Waals surface area (Å²) < 4.78 is 13.5. The van der Waals surface area contributed by atoms with E-state index >= 15 is 0 Å². The van der Waals surface area contributed by atoms with Crippen LogP contribution in [0.2, 0.25) is 0 Å². The minimum Gasteiger partial charge on any atom is -0.310 e. The lowest BCUT2D eigenvalue weighted by atomic mass is 10.1. The van der Waals surface area contributed by atoms with Crippen molar-refractivity contribution in [1.29, 1.82) is 0 Å². The second kappa shape index (κ2) is 7.24. The molecule has 3 aromatic rings. The van der Waals surface area contributed by atoms with Gasteiger partial charge in [0.15, 0.2) is 0 Å². The van der Waals surface area contributed by atoms with Crippen molar-refractivity contribution in [3.05, 3.63) is 71.2 Å².